The van der Waals surface area contributed by atoms with Crippen LogP contribution in [0.4, 0.5) is 10.8 Å². The topological polar surface area (TPSA) is 101 Å². The second kappa shape index (κ2) is 6.66. The summed E-state index contributed by atoms with van der Waals surface area (Å²) in [6.07, 6.45) is 0. The van der Waals surface area contributed by atoms with Crippen LogP contribution in [0.15, 0.2) is 22.5 Å². The van der Waals surface area contributed by atoms with Crippen LogP contribution in [0.3, 0.4) is 0 Å². The number of halogens is 1. The number of carbonyl (C=O) groups excluding carboxylic acids is 1. The summed E-state index contributed by atoms with van der Waals surface area (Å²) in [6.45, 7) is 7.03. The van der Waals surface area contributed by atoms with Crippen molar-refractivity contribution in [3.05, 3.63) is 28.8 Å². The van der Waals surface area contributed by atoms with Gasteiger partial charge in [-0.2, -0.15) is 8.42 Å². The molecule has 2 N–H and O–H groups in total. The first kappa shape index (κ1) is 18.6. The van der Waals surface area contributed by atoms with Crippen LogP contribution in [-0.4, -0.2) is 24.5 Å². The first-order chi connectivity index (χ1) is 11.0. The molecule has 0 aliphatic carbocycles. The molecule has 0 spiro atoms. The monoisotopic (exact) mass is 388 g/mol. The van der Waals surface area contributed by atoms with Gasteiger partial charge in [-0.1, -0.05) is 49.8 Å². The number of sulfonamides is 1. The zero-order chi connectivity index (χ0) is 18.1. The highest BCUT2D eigenvalue weighted by Crippen LogP contribution is 2.26. The molecule has 0 radical (unpaired) electrons. The third kappa shape index (κ3) is 4.43. The lowest BCUT2D eigenvalue weighted by Gasteiger charge is -2.15. The maximum Gasteiger partial charge on any atom is 0.291 e. The van der Waals surface area contributed by atoms with Crippen LogP contribution < -0.4 is 10.0 Å². The van der Waals surface area contributed by atoms with Crippen LogP contribution in [0, 0.1) is 12.3 Å². The average molecular weight is 389 g/mol. The largest absolute Gasteiger partial charge is 0.300 e. The van der Waals surface area contributed by atoms with E-state index in [1.807, 2.05) is 6.92 Å². The highest BCUT2D eigenvalue weighted by atomic mass is 35.5. The Bertz CT molecular complexity index is 872. The first-order valence-electron chi connectivity index (χ1n) is 6.93. The van der Waals surface area contributed by atoms with Crippen molar-refractivity contribution in [2.45, 2.75) is 32.0 Å². The molecule has 1 aromatic heterocycles. The molecule has 2 rings (SSSR count). The molecule has 24 heavy (non-hydrogen) atoms. The Balaban J connectivity index is 2.18. The number of hydrogen-bond acceptors (Lipinski definition) is 6. The van der Waals surface area contributed by atoms with Crippen LogP contribution in [0.25, 0.3) is 0 Å². The standard InChI is InChI=1S/C14H17ClN4O3S2/c1-8-5-6-9(7-10(8)15)19-24(21,22)13-18-17-12(23-13)16-11(20)14(2,3)4/h5-7,19H,1-4H3,(H,16,17,20). The predicted octanol–water partition coefficient (Wildman–Crippen LogP) is 3.29. The number of aromatic nitrogens is 2. The number of carbonyl (C=O) groups is 1. The lowest BCUT2D eigenvalue weighted by molar-refractivity contribution is -0.123. The van der Waals surface area contributed by atoms with E-state index < -0.39 is 15.4 Å². The summed E-state index contributed by atoms with van der Waals surface area (Å²) in [5.41, 5.74) is 0.533. The van der Waals surface area contributed by atoms with Gasteiger partial charge >= 0.3 is 0 Å². The van der Waals surface area contributed by atoms with Gasteiger partial charge in [-0.25, -0.2) is 0 Å². The van der Waals surface area contributed by atoms with Gasteiger partial charge in [0.25, 0.3) is 14.4 Å². The summed E-state index contributed by atoms with van der Waals surface area (Å²) in [5, 5.41) is 10.4. The van der Waals surface area contributed by atoms with E-state index in [9.17, 15) is 13.2 Å². The molecule has 1 aromatic carbocycles. The van der Waals surface area contributed by atoms with Crippen molar-refractivity contribution in [3.63, 3.8) is 0 Å². The van der Waals surface area contributed by atoms with Crippen molar-refractivity contribution in [3.8, 4) is 0 Å². The normalized spacial score (nSPS) is 12.0. The quantitative estimate of drug-likeness (QED) is 0.782. The number of nitrogens with zero attached hydrogens (tertiary/aromatic N) is 2. The number of amides is 1. The van der Waals surface area contributed by atoms with E-state index in [0.29, 0.717) is 10.7 Å². The number of hydrogen-bond donors (Lipinski definition) is 2. The van der Waals surface area contributed by atoms with Crippen molar-refractivity contribution in [1.82, 2.24) is 10.2 Å². The van der Waals surface area contributed by atoms with Crippen LogP contribution in [0.2, 0.25) is 5.02 Å². The maximum atomic E-state index is 12.3. The Hall–Kier alpha value is -1.71. The van der Waals surface area contributed by atoms with E-state index in [2.05, 4.69) is 20.2 Å². The SMILES string of the molecule is Cc1ccc(NS(=O)(=O)c2nnc(NC(=O)C(C)(C)C)s2)cc1Cl. The van der Waals surface area contributed by atoms with Gasteiger partial charge in [0.1, 0.15) is 0 Å². The van der Waals surface area contributed by atoms with Gasteiger partial charge in [0.05, 0.1) is 5.69 Å². The Kier molecular flexibility index (Phi) is 5.17. The Morgan fingerprint density at radius 1 is 1.25 bits per heavy atom. The molecular weight excluding hydrogens is 372 g/mol. The summed E-state index contributed by atoms with van der Waals surface area (Å²) >= 11 is 6.76. The molecule has 1 amide bonds. The molecule has 2 aromatic rings. The van der Waals surface area contributed by atoms with E-state index in [1.54, 1.807) is 32.9 Å². The molecule has 0 saturated heterocycles. The van der Waals surface area contributed by atoms with Gasteiger partial charge in [0.15, 0.2) is 0 Å². The van der Waals surface area contributed by atoms with Crippen molar-refractivity contribution in [2.24, 2.45) is 5.41 Å². The molecule has 7 nitrogen and oxygen atoms in total. The highest BCUT2D eigenvalue weighted by Gasteiger charge is 2.25. The van der Waals surface area contributed by atoms with Gasteiger partial charge in [0.2, 0.25) is 11.0 Å². The molecule has 0 unspecified atom stereocenters. The molecule has 0 atom stereocenters. The molecule has 1 heterocycles. The fourth-order valence-electron chi connectivity index (χ4n) is 1.51. The fourth-order valence-corrected chi connectivity index (χ4v) is 3.64. The Morgan fingerprint density at radius 3 is 2.50 bits per heavy atom. The molecule has 0 saturated carbocycles. The summed E-state index contributed by atoms with van der Waals surface area (Å²) in [5.74, 6) is -0.277. The Labute approximate surface area is 149 Å². The van der Waals surface area contributed by atoms with E-state index in [0.717, 1.165) is 16.9 Å². The Morgan fingerprint density at radius 2 is 1.92 bits per heavy atom. The second-order valence-electron chi connectivity index (χ2n) is 6.15. The number of nitrogens with one attached hydrogen (secondary N) is 2. The van der Waals surface area contributed by atoms with Gasteiger partial charge in [-0.05, 0) is 24.6 Å². The van der Waals surface area contributed by atoms with Crippen molar-refractivity contribution >= 4 is 49.7 Å². The van der Waals surface area contributed by atoms with Gasteiger partial charge in [-0.3, -0.25) is 9.52 Å². The minimum Gasteiger partial charge on any atom is -0.300 e. The van der Waals surface area contributed by atoms with E-state index in [1.165, 1.54) is 6.07 Å². The fraction of sp³-hybridized carbons (Fsp3) is 0.357. The molecule has 0 bridgehead atoms. The van der Waals surface area contributed by atoms with Crippen LogP contribution in [0.1, 0.15) is 26.3 Å². The lowest BCUT2D eigenvalue weighted by Crippen LogP contribution is -2.27. The zero-order valence-electron chi connectivity index (χ0n) is 13.5. The van der Waals surface area contributed by atoms with E-state index >= 15 is 0 Å². The van der Waals surface area contributed by atoms with Gasteiger partial charge < -0.3 is 5.32 Å². The molecule has 0 aliphatic heterocycles. The second-order valence-corrected chi connectivity index (χ2v) is 9.39. The lowest BCUT2D eigenvalue weighted by atomic mass is 9.96. The minimum absolute atomic E-state index is 0.122. The summed E-state index contributed by atoms with van der Waals surface area (Å²) in [4.78, 5) is 11.9. The maximum absolute atomic E-state index is 12.3. The van der Waals surface area contributed by atoms with E-state index in [-0.39, 0.29) is 15.4 Å². The van der Waals surface area contributed by atoms with Crippen LogP contribution in [0.5, 0.6) is 0 Å². The first-order valence-corrected chi connectivity index (χ1v) is 9.61. The molecule has 130 valence electrons. The molecule has 0 fully saturated rings. The highest BCUT2D eigenvalue weighted by molar-refractivity contribution is 7.94. The smallest absolute Gasteiger partial charge is 0.291 e. The van der Waals surface area contributed by atoms with Crippen molar-refractivity contribution < 1.29 is 13.2 Å². The molecule has 0 aliphatic rings. The van der Waals surface area contributed by atoms with E-state index in [4.69, 9.17) is 11.6 Å². The molecule has 10 heteroatoms. The predicted molar refractivity (Wildman–Crippen MR) is 95.0 cm³/mol. The average Bonchev–Trinajstić information content (AvgIpc) is 2.91. The number of anilines is 2. The van der Waals surface area contributed by atoms with Gasteiger partial charge in [-0.15, -0.1) is 10.2 Å². The number of rotatable bonds is 4. The van der Waals surface area contributed by atoms with Gasteiger partial charge in [0, 0.05) is 10.4 Å². The third-order valence-corrected chi connectivity index (χ3v) is 5.96. The minimum atomic E-state index is -3.91. The van der Waals surface area contributed by atoms with Crippen LogP contribution >= 0.6 is 22.9 Å². The van der Waals surface area contributed by atoms with Crippen LogP contribution in [-0.2, 0) is 14.8 Å². The summed E-state index contributed by atoms with van der Waals surface area (Å²) in [6, 6.07) is 4.81. The van der Waals surface area contributed by atoms with Crippen molar-refractivity contribution in [2.75, 3.05) is 10.0 Å². The van der Waals surface area contributed by atoms with Crippen molar-refractivity contribution in [1.29, 1.82) is 0 Å². The number of aryl methyl sites for hydroxylation is 1. The number of benzene rings is 1. The summed E-state index contributed by atoms with van der Waals surface area (Å²) < 4.78 is 26.8. The molecular formula is C14H17ClN4O3S2. The third-order valence-electron chi connectivity index (χ3n) is 2.96. The zero-order valence-corrected chi connectivity index (χ0v) is 15.9. The summed E-state index contributed by atoms with van der Waals surface area (Å²) in [7, 11) is -3.91.